The Morgan fingerprint density at radius 3 is 1.36 bits per heavy atom. The molecule has 5 fully saturated rings. The molecule has 14 rings (SSSR count). The summed E-state index contributed by atoms with van der Waals surface area (Å²) < 4.78 is 89.7. The maximum absolute atomic E-state index is 12.7. The van der Waals surface area contributed by atoms with Gasteiger partial charge in [-0.25, -0.2) is 29.6 Å². The monoisotopic (exact) mass is 1270 g/mol. The SMILES string of the molecule is CC(=O)N1CCC(Oc2cccc3[nH]ncc23)CC1.CS(=O)(=O)N1CCC(Oc2cccc3[nH]ncc23)CC1.O=S(=O)(C1CC1)N1CCN(c2cc(Cl)cc3[nH]ncc23)CC1.O=S(=O)(c1ccccc1)N1CCN(c2cc(Cl)cc3[nH]ncc23)CC1. The van der Waals surface area contributed by atoms with E-state index in [-0.39, 0.29) is 23.4 Å². The number of nitrogens with one attached hydrogen (secondary N) is 4. The summed E-state index contributed by atoms with van der Waals surface area (Å²) in [6.07, 6.45) is 13.4. The zero-order valence-corrected chi connectivity index (χ0v) is 51.5. The number of H-pyrrole nitrogens is 4. The predicted molar refractivity (Wildman–Crippen MR) is 334 cm³/mol. The summed E-state index contributed by atoms with van der Waals surface area (Å²) in [7, 11) is -9.60. The molecule has 5 aliphatic rings. The number of piperidine rings is 2. The maximum atomic E-state index is 12.7. The Morgan fingerprint density at radius 1 is 0.488 bits per heavy atom. The fourth-order valence-corrected chi connectivity index (χ4v) is 15.8. The second-order valence-electron chi connectivity index (χ2n) is 21.8. The number of ether oxygens (including phenoxy) is 2. The molecule has 23 nitrogen and oxygen atoms in total. The van der Waals surface area contributed by atoms with Crippen LogP contribution in [0, 0.1) is 0 Å². The van der Waals surface area contributed by atoms with Crippen molar-refractivity contribution in [2.24, 2.45) is 0 Å². The molecule has 0 atom stereocenters. The first kappa shape index (κ1) is 60.6. The molecule has 28 heteroatoms. The molecule has 86 heavy (non-hydrogen) atoms. The number of aromatic amines is 4. The van der Waals surface area contributed by atoms with E-state index in [0.717, 1.165) is 105 Å². The minimum atomic E-state index is -3.45. The second kappa shape index (κ2) is 26.1. The van der Waals surface area contributed by atoms with Gasteiger partial charge in [-0.05, 0) is 86.3 Å². The Morgan fingerprint density at radius 2 is 0.919 bits per heavy atom. The molecule has 4 aromatic heterocycles. The average molecular weight is 1270 g/mol. The van der Waals surface area contributed by atoms with Gasteiger partial charge in [0.05, 0.1) is 74.0 Å². The van der Waals surface area contributed by atoms with Gasteiger partial charge in [-0.15, -0.1) is 0 Å². The number of halogens is 2. The smallest absolute Gasteiger partial charge is 0.243 e. The van der Waals surface area contributed by atoms with E-state index < -0.39 is 30.1 Å². The topological polar surface area (TPSA) is 272 Å². The lowest BCUT2D eigenvalue weighted by atomic mass is 10.1. The fraction of sp³-hybridized carbons (Fsp3) is 0.397. The number of benzene rings is 5. The molecular weight excluding hydrogens is 1200 g/mol. The van der Waals surface area contributed by atoms with Crippen LogP contribution in [0.4, 0.5) is 11.4 Å². The number of hydrogen-bond acceptors (Lipinski definition) is 15. The fourth-order valence-electron chi connectivity index (χ4n) is 11.2. The van der Waals surface area contributed by atoms with Crippen molar-refractivity contribution in [2.75, 3.05) is 94.6 Å². The Labute approximate surface area is 509 Å². The molecule has 9 aromatic rings. The van der Waals surface area contributed by atoms with Crippen molar-refractivity contribution in [2.45, 2.75) is 67.8 Å². The second-order valence-corrected chi connectivity index (χ2v) is 28.8. The van der Waals surface area contributed by atoms with Gasteiger partial charge in [0.15, 0.2) is 0 Å². The van der Waals surface area contributed by atoms with E-state index in [0.29, 0.717) is 93.2 Å². The number of carbonyl (C=O) groups excluding carboxylic acids is 1. The number of aromatic nitrogens is 8. The van der Waals surface area contributed by atoms with E-state index in [2.05, 4.69) is 50.6 Å². The summed E-state index contributed by atoms with van der Waals surface area (Å²) in [5, 5.41) is 33.0. The molecule has 0 bridgehead atoms. The molecule has 4 aliphatic heterocycles. The maximum Gasteiger partial charge on any atom is 0.243 e. The molecule has 8 heterocycles. The minimum Gasteiger partial charge on any atom is -0.490 e. The zero-order valence-electron chi connectivity index (χ0n) is 47.6. The molecule has 1 amide bonds. The van der Waals surface area contributed by atoms with Crippen LogP contribution in [0.3, 0.4) is 0 Å². The molecule has 456 valence electrons. The highest BCUT2D eigenvalue weighted by Gasteiger charge is 2.41. The van der Waals surface area contributed by atoms with Crippen molar-refractivity contribution in [1.29, 1.82) is 0 Å². The van der Waals surface area contributed by atoms with Crippen LogP contribution in [0.25, 0.3) is 43.6 Å². The Bertz CT molecular complexity index is 4150. The summed E-state index contributed by atoms with van der Waals surface area (Å²) in [6.45, 7) is 8.70. The van der Waals surface area contributed by atoms with Crippen LogP contribution in [0.1, 0.15) is 45.4 Å². The lowest BCUT2D eigenvalue weighted by molar-refractivity contribution is -0.130. The summed E-state index contributed by atoms with van der Waals surface area (Å²) in [5.74, 6) is 1.82. The predicted octanol–water partition coefficient (Wildman–Crippen LogP) is 7.88. The first-order valence-corrected chi connectivity index (χ1v) is 34.1. The normalized spacial score (nSPS) is 18.1. The summed E-state index contributed by atoms with van der Waals surface area (Å²) in [6, 6.07) is 27.8. The summed E-state index contributed by atoms with van der Waals surface area (Å²) in [4.78, 5) is 17.8. The van der Waals surface area contributed by atoms with Crippen molar-refractivity contribution in [3.8, 4) is 11.5 Å². The van der Waals surface area contributed by atoms with Crippen LogP contribution in [-0.4, -0.2) is 192 Å². The van der Waals surface area contributed by atoms with Gasteiger partial charge in [0, 0.05) is 130 Å². The number of likely N-dealkylation sites (tertiary alicyclic amines) is 1. The first-order valence-electron chi connectivity index (χ1n) is 28.6. The molecule has 0 radical (unpaired) electrons. The van der Waals surface area contributed by atoms with Crippen LogP contribution in [0.2, 0.25) is 10.0 Å². The van der Waals surface area contributed by atoms with Crippen molar-refractivity contribution < 1.29 is 39.5 Å². The molecule has 4 saturated heterocycles. The molecule has 1 aliphatic carbocycles. The van der Waals surface area contributed by atoms with Gasteiger partial charge in [0.25, 0.3) is 0 Å². The molecule has 0 unspecified atom stereocenters. The van der Waals surface area contributed by atoms with E-state index in [1.165, 1.54) is 14.9 Å². The average Bonchev–Trinajstić information content (AvgIpc) is 1.88. The largest absolute Gasteiger partial charge is 0.490 e. The lowest BCUT2D eigenvalue weighted by Gasteiger charge is -2.35. The highest BCUT2D eigenvalue weighted by atomic mass is 35.5. The van der Waals surface area contributed by atoms with Crippen molar-refractivity contribution in [3.63, 3.8) is 0 Å². The minimum absolute atomic E-state index is 0.0495. The van der Waals surface area contributed by atoms with E-state index >= 15 is 0 Å². The quantitative estimate of drug-likeness (QED) is 0.0959. The lowest BCUT2D eigenvalue weighted by Crippen LogP contribution is -2.49. The van der Waals surface area contributed by atoms with Crippen LogP contribution in [0.5, 0.6) is 11.5 Å². The first-order chi connectivity index (χ1) is 41.4. The Kier molecular flexibility index (Phi) is 18.4. The van der Waals surface area contributed by atoms with Gasteiger partial charge >= 0.3 is 0 Å². The van der Waals surface area contributed by atoms with Gasteiger partial charge in [0.1, 0.15) is 23.7 Å². The number of sulfonamides is 3. The number of nitrogens with zero attached hydrogens (tertiary/aromatic N) is 10. The molecule has 4 N–H and O–H groups in total. The molecule has 1 saturated carbocycles. The van der Waals surface area contributed by atoms with Crippen LogP contribution in [0.15, 0.2) is 121 Å². The summed E-state index contributed by atoms with van der Waals surface area (Å²) >= 11 is 12.4. The van der Waals surface area contributed by atoms with Crippen molar-refractivity contribution in [3.05, 3.63) is 126 Å². The third-order valence-corrected chi connectivity index (χ3v) is 22.1. The number of piperazine rings is 2. The number of carbonyl (C=O) groups is 1. The number of anilines is 2. The van der Waals surface area contributed by atoms with Crippen LogP contribution >= 0.6 is 23.2 Å². The van der Waals surface area contributed by atoms with Crippen LogP contribution in [-0.2, 0) is 34.9 Å². The van der Waals surface area contributed by atoms with E-state index in [1.807, 2.05) is 71.6 Å². The van der Waals surface area contributed by atoms with Crippen molar-refractivity contribution in [1.82, 2.24) is 58.6 Å². The van der Waals surface area contributed by atoms with Gasteiger partial charge in [-0.2, -0.15) is 29.0 Å². The van der Waals surface area contributed by atoms with Gasteiger partial charge in [0.2, 0.25) is 36.0 Å². The van der Waals surface area contributed by atoms with E-state index in [1.54, 1.807) is 60.3 Å². The highest BCUT2D eigenvalue weighted by Crippen LogP contribution is 2.36. The van der Waals surface area contributed by atoms with Crippen molar-refractivity contribution >= 4 is 114 Å². The number of hydrogen-bond donors (Lipinski definition) is 4. The Balaban J connectivity index is 0.000000120. The number of rotatable bonds is 11. The van der Waals surface area contributed by atoms with Gasteiger partial charge in [-0.3, -0.25) is 25.2 Å². The zero-order chi connectivity index (χ0) is 60.2. The number of amides is 1. The molecule has 5 aromatic carbocycles. The van der Waals surface area contributed by atoms with E-state index in [4.69, 9.17) is 32.7 Å². The third-order valence-electron chi connectivity index (χ3n) is 16.1. The van der Waals surface area contributed by atoms with E-state index in [9.17, 15) is 30.0 Å². The van der Waals surface area contributed by atoms with Gasteiger partial charge < -0.3 is 24.2 Å². The third kappa shape index (κ3) is 14.0. The molecule has 0 spiro atoms. The standard InChI is InChI=1S/C17H17ClN4O2S.C14H17ClN4O2S.C14H17N3O2.C13H17N3O3S/c18-13-10-16-15(12-19-20-16)17(11-13)21-6-8-22(9-7-21)25(23,24)14-4-2-1-3-5-14;15-10-7-13-12(9-16-17-13)14(8-10)18-3-5-19(6-4-18)22(20,21)11-1-2-11;1-10(18)17-7-5-11(6-8-17)19-14-4-2-3-13-12(14)9-15-16-13;1-20(17,18)16-7-5-10(6-8-16)19-13-4-2-3-12-11(13)9-14-15-12/h1-5,10-12H,6-9H2,(H,19,20);7-9,11H,1-6H2,(H,16,17);2-4,9,11H,5-8H2,1H3,(H,15,16);2-4,9-10H,5-8H2,1H3,(H,14,15). The van der Waals surface area contributed by atoms with Crippen LogP contribution < -0.4 is 19.3 Å². The summed E-state index contributed by atoms with van der Waals surface area (Å²) in [5.41, 5.74) is 5.69. The molecular formula is C58H68Cl2N14O9S3. The number of fused-ring (bicyclic) bond motifs is 4. The van der Waals surface area contributed by atoms with Gasteiger partial charge in [-0.1, -0.05) is 53.5 Å². The highest BCUT2D eigenvalue weighted by molar-refractivity contribution is 7.90. The Hall–Kier alpha value is -7.04.